The first-order chi connectivity index (χ1) is 12.1. The molecule has 1 saturated heterocycles. The van der Waals surface area contributed by atoms with Gasteiger partial charge in [0.2, 0.25) is 0 Å². The number of aliphatic hydroxyl groups is 1. The fourth-order valence-corrected chi connectivity index (χ4v) is 2.77. The maximum absolute atomic E-state index is 12.6. The first-order valence-corrected chi connectivity index (χ1v) is 7.66. The van der Waals surface area contributed by atoms with Crippen LogP contribution in [-0.4, -0.2) is 28.5 Å². The second kappa shape index (κ2) is 6.17. The Morgan fingerprint density at radius 3 is 2.42 bits per heavy atom. The molecule has 26 heavy (non-hydrogen) atoms. The molecule has 1 fully saturated rings. The van der Waals surface area contributed by atoms with Crippen LogP contribution in [0.15, 0.2) is 47.1 Å². The molecule has 0 aliphatic carbocycles. The molecule has 2 heterocycles. The maximum Gasteiger partial charge on any atom is 0.416 e. The van der Waals surface area contributed by atoms with Crippen LogP contribution in [0.3, 0.4) is 0 Å². The van der Waals surface area contributed by atoms with Crippen molar-refractivity contribution in [3.8, 4) is 0 Å². The normalized spacial score (nSPS) is 21.8. The summed E-state index contributed by atoms with van der Waals surface area (Å²) in [5, 5.41) is 12.7. The van der Waals surface area contributed by atoms with E-state index in [0.717, 1.165) is 29.2 Å². The molecule has 0 saturated carbocycles. The number of imide groups is 1. The van der Waals surface area contributed by atoms with Gasteiger partial charge in [0.25, 0.3) is 5.91 Å². The average molecular weight is 368 g/mol. The Balaban J connectivity index is 1.76. The van der Waals surface area contributed by atoms with Crippen LogP contribution in [0.4, 0.5) is 18.0 Å². The number of halogens is 3. The molecule has 2 N–H and O–H groups in total. The lowest BCUT2D eigenvalue weighted by Gasteiger charge is -2.21. The van der Waals surface area contributed by atoms with Crippen molar-refractivity contribution in [1.29, 1.82) is 0 Å². The zero-order valence-corrected chi connectivity index (χ0v) is 13.6. The SMILES string of the molecule is CC1(c2ccco2)NC(=O)N(CC(O)c2ccc(C(F)(F)F)cc2)C1=O. The summed E-state index contributed by atoms with van der Waals surface area (Å²) in [6.45, 7) is 1.07. The lowest BCUT2D eigenvalue weighted by Crippen LogP contribution is -2.41. The van der Waals surface area contributed by atoms with Gasteiger partial charge in [-0.1, -0.05) is 12.1 Å². The minimum atomic E-state index is -4.49. The molecule has 6 nitrogen and oxygen atoms in total. The quantitative estimate of drug-likeness (QED) is 0.813. The zero-order chi connectivity index (χ0) is 19.1. The highest BCUT2D eigenvalue weighted by Gasteiger charge is 2.51. The van der Waals surface area contributed by atoms with Crippen molar-refractivity contribution in [2.24, 2.45) is 0 Å². The standard InChI is InChI=1S/C17H15F3N2O4/c1-16(13-3-2-8-26-13)14(24)22(15(25)21-16)9-12(23)10-4-6-11(7-5-10)17(18,19)20/h2-8,12,23H,9H2,1H3,(H,21,25). The zero-order valence-electron chi connectivity index (χ0n) is 13.6. The van der Waals surface area contributed by atoms with Crippen molar-refractivity contribution in [2.45, 2.75) is 24.7 Å². The average Bonchev–Trinajstić information content (AvgIpc) is 3.19. The molecule has 1 aliphatic heterocycles. The Labute approximate surface area is 146 Å². The number of benzene rings is 1. The minimum absolute atomic E-state index is 0.158. The smallest absolute Gasteiger partial charge is 0.416 e. The van der Waals surface area contributed by atoms with Crippen LogP contribution in [0.5, 0.6) is 0 Å². The van der Waals surface area contributed by atoms with Crippen LogP contribution < -0.4 is 5.32 Å². The summed E-state index contributed by atoms with van der Waals surface area (Å²) >= 11 is 0. The third-order valence-electron chi connectivity index (χ3n) is 4.27. The molecule has 2 unspecified atom stereocenters. The number of rotatable bonds is 4. The van der Waals surface area contributed by atoms with E-state index in [1.165, 1.54) is 19.3 Å². The summed E-state index contributed by atoms with van der Waals surface area (Å²) < 4.78 is 43.0. The topological polar surface area (TPSA) is 82.8 Å². The van der Waals surface area contributed by atoms with Gasteiger partial charge < -0.3 is 14.8 Å². The first-order valence-electron chi connectivity index (χ1n) is 7.66. The van der Waals surface area contributed by atoms with Crippen LogP contribution in [0.1, 0.15) is 29.9 Å². The molecule has 1 aliphatic rings. The Morgan fingerprint density at radius 1 is 1.23 bits per heavy atom. The van der Waals surface area contributed by atoms with E-state index in [2.05, 4.69) is 5.32 Å². The second-order valence-corrected chi connectivity index (χ2v) is 6.08. The number of nitrogens with one attached hydrogen (secondary N) is 1. The number of nitrogens with zero attached hydrogens (tertiary/aromatic N) is 1. The number of carbonyl (C=O) groups is 2. The van der Waals surface area contributed by atoms with E-state index in [0.29, 0.717) is 0 Å². The van der Waals surface area contributed by atoms with Gasteiger partial charge in [-0.25, -0.2) is 4.79 Å². The monoisotopic (exact) mass is 368 g/mol. The van der Waals surface area contributed by atoms with Gasteiger partial charge >= 0.3 is 12.2 Å². The molecule has 138 valence electrons. The van der Waals surface area contributed by atoms with Gasteiger partial charge in [-0.2, -0.15) is 13.2 Å². The van der Waals surface area contributed by atoms with Crippen molar-refractivity contribution in [3.63, 3.8) is 0 Å². The highest BCUT2D eigenvalue weighted by Crippen LogP contribution is 2.32. The van der Waals surface area contributed by atoms with Crippen molar-refractivity contribution in [3.05, 3.63) is 59.5 Å². The summed E-state index contributed by atoms with van der Waals surface area (Å²) in [5.41, 5.74) is -2.10. The molecular formula is C17H15F3N2O4. The van der Waals surface area contributed by atoms with Crippen molar-refractivity contribution in [1.82, 2.24) is 10.2 Å². The summed E-state index contributed by atoms with van der Waals surface area (Å²) in [7, 11) is 0. The first kappa shape index (κ1) is 18.0. The maximum atomic E-state index is 12.6. The fraction of sp³-hybridized carbons (Fsp3) is 0.294. The van der Waals surface area contributed by atoms with Gasteiger partial charge in [0.15, 0.2) is 5.54 Å². The molecule has 0 radical (unpaired) electrons. The van der Waals surface area contributed by atoms with Gasteiger partial charge in [0, 0.05) is 0 Å². The Bertz CT molecular complexity index is 818. The van der Waals surface area contributed by atoms with Crippen LogP contribution >= 0.6 is 0 Å². The van der Waals surface area contributed by atoms with Crippen LogP contribution in [0, 0.1) is 0 Å². The molecule has 1 aromatic heterocycles. The second-order valence-electron chi connectivity index (χ2n) is 6.08. The summed E-state index contributed by atoms with van der Waals surface area (Å²) in [6, 6.07) is 6.26. The van der Waals surface area contributed by atoms with E-state index in [1.807, 2.05) is 0 Å². The molecule has 3 rings (SSSR count). The van der Waals surface area contributed by atoms with E-state index in [9.17, 15) is 27.9 Å². The number of carbonyl (C=O) groups excluding carboxylic acids is 2. The lowest BCUT2D eigenvalue weighted by atomic mass is 9.99. The molecular weight excluding hydrogens is 353 g/mol. The Kier molecular flexibility index (Phi) is 4.27. The molecule has 2 atom stereocenters. The predicted molar refractivity (Wildman–Crippen MR) is 82.7 cm³/mol. The van der Waals surface area contributed by atoms with Crippen molar-refractivity contribution in [2.75, 3.05) is 6.54 Å². The Hall–Kier alpha value is -2.81. The molecule has 0 spiro atoms. The number of furan rings is 1. The van der Waals surface area contributed by atoms with E-state index in [1.54, 1.807) is 6.07 Å². The Morgan fingerprint density at radius 2 is 1.88 bits per heavy atom. The number of hydrogen-bond acceptors (Lipinski definition) is 4. The fourth-order valence-electron chi connectivity index (χ4n) is 2.77. The van der Waals surface area contributed by atoms with E-state index in [4.69, 9.17) is 4.42 Å². The van der Waals surface area contributed by atoms with Gasteiger partial charge in [-0.05, 0) is 36.8 Å². The van der Waals surface area contributed by atoms with Gasteiger partial charge in [0.05, 0.1) is 24.5 Å². The van der Waals surface area contributed by atoms with Crippen LogP contribution in [-0.2, 0) is 16.5 Å². The highest BCUT2D eigenvalue weighted by atomic mass is 19.4. The highest BCUT2D eigenvalue weighted by molar-refractivity contribution is 6.06. The number of urea groups is 1. The van der Waals surface area contributed by atoms with E-state index < -0.39 is 41.9 Å². The van der Waals surface area contributed by atoms with Gasteiger partial charge in [-0.3, -0.25) is 9.69 Å². The predicted octanol–water partition coefficient (Wildman–Crippen LogP) is 2.80. The number of alkyl halides is 3. The molecule has 9 heteroatoms. The molecule has 0 bridgehead atoms. The van der Waals surface area contributed by atoms with Crippen LogP contribution in [0.2, 0.25) is 0 Å². The summed E-state index contributed by atoms with van der Waals surface area (Å²) in [5.74, 6) is -0.384. The number of β-amino-alcohol motifs (C(OH)–C–C–N with tert-alkyl or cyclic N) is 1. The number of aliphatic hydroxyl groups excluding tert-OH is 1. The molecule has 1 aromatic carbocycles. The summed E-state index contributed by atoms with van der Waals surface area (Å²) in [6.07, 6.45) is -4.45. The lowest BCUT2D eigenvalue weighted by molar-refractivity contribution is -0.137. The van der Waals surface area contributed by atoms with Crippen LogP contribution in [0.25, 0.3) is 0 Å². The van der Waals surface area contributed by atoms with Gasteiger partial charge in [0.1, 0.15) is 5.76 Å². The number of hydrogen-bond donors (Lipinski definition) is 2. The molecule has 2 aromatic rings. The van der Waals surface area contributed by atoms with E-state index in [-0.39, 0.29) is 11.3 Å². The van der Waals surface area contributed by atoms with Crippen molar-refractivity contribution < 1.29 is 32.3 Å². The summed E-state index contributed by atoms with van der Waals surface area (Å²) in [4.78, 5) is 25.6. The van der Waals surface area contributed by atoms with Crippen molar-refractivity contribution >= 4 is 11.9 Å². The van der Waals surface area contributed by atoms with Gasteiger partial charge in [-0.15, -0.1) is 0 Å². The molecule has 3 amide bonds. The number of amides is 3. The third kappa shape index (κ3) is 3.05. The largest absolute Gasteiger partial charge is 0.466 e. The van der Waals surface area contributed by atoms with E-state index >= 15 is 0 Å². The minimum Gasteiger partial charge on any atom is -0.466 e. The third-order valence-corrected chi connectivity index (χ3v) is 4.27.